The Hall–Kier alpha value is -1.78. The van der Waals surface area contributed by atoms with Gasteiger partial charge in [0.2, 0.25) is 0 Å². The lowest BCUT2D eigenvalue weighted by atomic mass is 9.92. The van der Waals surface area contributed by atoms with Gasteiger partial charge in [-0.3, -0.25) is 4.90 Å². The number of halogens is 3. The zero-order chi connectivity index (χ0) is 21.4. The van der Waals surface area contributed by atoms with Crippen LogP contribution in [-0.2, 0) is 16.0 Å². The van der Waals surface area contributed by atoms with E-state index in [9.17, 15) is 4.79 Å². The van der Waals surface area contributed by atoms with Crippen molar-refractivity contribution in [2.24, 2.45) is 0 Å². The highest BCUT2D eigenvalue weighted by Crippen LogP contribution is 2.28. The zero-order valence-electron chi connectivity index (χ0n) is 16.4. The molecule has 0 aromatic heterocycles. The topological polar surface area (TPSA) is 29.5 Å². The van der Waals surface area contributed by atoms with E-state index in [1.165, 1.54) is 6.08 Å². The molecule has 0 unspecified atom stereocenters. The lowest BCUT2D eigenvalue weighted by Crippen LogP contribution is -2.47. The van der Waals surface area contributed by atoms with Gasteiger partial charge < -0.3 is 4.74 Å². The van der Waals surface area contributed by atoms with Crippen LogP contribution in [0.4, 0.5) is 0 Å². The van der Waals surface area contributed by atoms with Gasteiger partial charge >= 0.3 is 5.97 Å². The molecule has 29 heavy (non-hydrogen) atoms. The van der Waals surface area contributed by atoms with E-state index >= 15 is 0 Å². The number of carbonyl (C=O) groups is 1. The highest BCUT2D eigenvalue weighted by Gasteiger charge is 2.31. The number of benzene rings is 2. The van der Waals surface area contributed by atoms with Crippen molar-refractivity contribution in [2.45, 2.75) is 18.9 Å². The molecule has 0 saturated carbocycles. The predicted molar refractivity (Wildman–Crippen MR) is 122 cm³/mol. The van der Waals surface area contributed by atoms with E-state index < -0.39 is 11.5 Å². The average molecular weight is 452 g/mol. The van der Waals surface area contributed by atoms with E-state index in [0.717, 1.165) is 11.1 Å². The quantitative estimate of drug-likeness (QED) is 0.248. The summed E-state index contributed by atoms with van der Waals surface area (Å²) in [7, 11) is 1.94. The minimum atomic E-state index is -0.574. The Morgan fingerprint density at radius 1 is 1.14 bits per heavy atom. The monoisotopic (exact) mass is 450 g/mol. The third kappa shape index (κ3) is 7.20. The Balaban J connectivity index is 2.08. The molecule has 2 rings (SSSR count). The summed E-state index contributed by atoms with van der Waals surface area (Å²) in [5.41, 5.74) is 1.25. The molecular formula is C23H23Cl3NO2. The highest BCUT2D eigenvalue weighted by molar-refractivity contribution is 6.42. The SMILES string of the molecule is C=CCN(C)[C@](C)([CH]OC(=O)C=Cc1ccc(Cl)cc1)Cc1ccc(Cl)c(Cl)c1. The summed E-state index contributed by atoms with van der Waals surface area (Å²) in [4.78, 5) is 14.3. The number of esters is 1. The first-order valence-corrected chi connectivity index (χ1v) is 10.1. The van der Waals surface area contributed by atoms with E-state index in [-0.39, 0.29) is 0 Å². The van der Waals surface area contributed by atoms with Crippen LogP contribution < -0.4 is 0 Å². The van der Waals surface area contributed by atoms with Crippen molar-refractivity contribution in [3.8, 4) is 0 Å². The first-order chi connectivity index (χ1) is 13.7. The second-order valence-corrected chi connectivity index (χ2v) is 8.14. The van der Waals surface area contributed by atoms with Crippen LogP contribution in [0.1, 0.15) is 18.1 Å². The largest absolute Gasteiger partial charge is 0.453 e. The van der Waals surface area contributed by atoms with Crippen LogP contribution in [0.15, 0.2) is 61.2 Å². The molecule has 1 atom stereocenters. The molecule has 0 bridgehead atoms. The zero-order valence-corrected chi connectivity index (χ0v) is 18.6. The molecule has 0 aliphatic carbocycles. The Kier molecular flexibility index (Phi) is 8.79. The van der Waals surface area contributed by atoms with Crippen molar-refractivity contribution in [2.75, 3.05) is 13.6 Å². The molecule has 0 amide bonds. The fraction of sp³-hybridized carbons (Fsp3) is 0.217. The number of likely N-dealkylation sites (N-methyl/N-ethyl adjacent to an activating group) is 1. The van der Waals surface area contributed by atoms with Gasteiger partial charge in [0.1, 0.15) is 0 Å². The van der Waals surface area contributed by atoms with Crippen LogP contribution in [0.5, 0.6) is 0 Å². The molecule has 153 valence electrons. The van der Waals surface area contributed by atoms with Gasteiger partial charge in [-0.2, -0.15) is 0 Å². The number of ether oxygens (including phenoxy) is 1. The van der Waals surface area contributed by atoms with Crippen LogP contribution in [0.2, 0.25) is 15.1 Å². The lowest BCUT2D eigenvalue weighted by Gasteiger charge is -2.37. The lowest BCUT2D eigenvalue weighted by molar-refractivity contribution is -0.136. The molecule has 0 saturated heterocycles. The number of rotatable bonds is 9. The van der Waals surface area contributed by atoms with Gasteiger partial charge in [0.05, 0.1) is 15.6 Å². The Bertz CT molecular complexity index is 880. The second kappa shape index (κ2) is 10.8. The summed E-state index contributed by atoms with van der Waals surface area (Å²) in [5.74, 6) is -0.465. The molecule has 6 heteroatoms. The van der Waals surface area contributed by atoms with E-state index in [1.54, 1.807) is 37.0 Å². The van der Waals surface area contributed by atoms with Crippen molar-refractivity contribution in [1.29, 1.82) is 0 Å². The van der Waals surface area contributed by atoms with Crippen LogP contribution in [0.25, 0.3) is 6.08 Å². The second-order valence-electron chi connectivity index (χ2n) is 6.89. The summed E-state index contributed by atoms with van der Waals surface area (Å²) in [5, 5.41) is 1.63. The van der Waals surface area contributed by atoms with Crippen LogP contribution >= 0.6 is 34.8 Å². The van der Waals surface area contributed by atoms with Gasteiger partial charge in [0, 0.05) is 17.6 Å². The highest BCUT2D eigenvalue weighted by atomic mass is 35.5. The van der Waals surface area contributed by atoms with Gasteiger partial charge in [-0.05, 0) is 61.9 Å². The van der Waals surface area contributed by atoms with Crippen LogP contribution in [0.3, 0.4) is 0 Å². The van der Waals surface area contributed by atoms with Gasteiger partial charge in [0.15, 0.2) is 6.61 Å². The predicted octanol–water partition coefficient (Wildman–Crippen LogP) is 6.48. The molecule has 3 nitrogen and oxygen atoms in total. The van der Waals surface area contributed by atoms with Crippen molar-refractivity contribution < 1.29 is 9.53 Å². The van der Waals surface area contributed by atoms with Crippen LogP contribution in [-0.4, -0.2) is 30.0 Å². The maximum absolute atomic E-state index is 12.2. The molecule has 0 aliphatic heterocycles. The third-order valence-electron chi connectivity index (χ3n) is 4.53. The van der Waals surface area contributed by atoms with Crippen LogP contribution in [0, 0.1) is 6.61 Å². The molecule has 0 fully saturated rings. The number of carbonyl (C=O) groups excluding carboxylic acids is 1. The summed E-state index contributed by atoms with van der Waals surface area (Å²) >= 11 is 18.0. The van der Waals surface area contributed by atoms with Crippen molar-refractivity contribution in [3.63, 3.8) is 0 Å². The van der Waals surface area contributed by atoms with Gasteiger partial charge in [-0.1, -0.05) is 59.1 Å². The molecule has 2 aromatic rings. The summed E-state index contributed by atoms with van der Waals surface area (Å²) in [6.07, 6.45) is 5.43. The van der Waals surface area contributed by atoms with Gasteiger partial charge in [0.25, 0.3) is 0 Å². The van der Waals surface area contributed by atoms with E-state index in [1.807, 2.05) is 43.1 Å². The standard InChI is InChI=1S/C23H23Cl3NO2/c1-4-13-27(3)23(2,15-18-7-11-20(25)21(26)14-18)16-29-22(28)12-8-17-5-9-19(24)10-6-17/h4-12,14,16H,1,13,15H2,2-3H3/t23-/m0/s1. The Morgan fingerprint density at radius 3 is 2.45 bits per heavy atom. The third-order valence-corrected chi connectivity index (χ3v) is 5.52. The molecule has 0 heterocycles. The summed E-state index contributed by atoms with van der Waals surface area (Å²) < 4.78 is 5.43. The first kappa shape index (κ1) is 23.5. The minimum Gasteiger partial charge on any atom is -0.453 e. The minimum absolute atomic E-state index is 0.465. The summed E-state index contributed by atoms with van der Waals surface area (Å²) in [6.45, 7) is 7.94. The van der Waals surface area contributed by atoms with E-state index in [2.05, 4.69) is 6.58 Å². The molecule has 0 spiro atoms. The smallest absolute Gasteiger partial charge is 0.331 e. The maximum Gasteiger partial charge on any atom is 0.331 e. The van der Waals surface area contributed by atoms with Gasteiger partial charge in [-0.15, -0.1) is 6.58 Å². The van der Waals surface area contributed by atoms with E-state index in [0.29, 0.717) is 28.0 Å². The maximum atomic E-state index is 12.2. The number of nitrogens with zero attached hydrogens (tertiary/aromatic N) is 1. The fourth-order valence-corrected chi connectivity index (χ4v) is 3.14. The Labute approximate surface area is 187 Å². The molecule has 0 N–H and O–H groups in total. The Morgan fingerprint density at radius 2 is 1.83 bits per heavy atom. The normalized spacial score (nSPS) is 13.4. The first-order valence-electron chi connectivity index (χ1n) is 8.98. The number of hydrogen-bond donors (Lipinski definition) is 0. The molecule has 2 aromatic carbocycles. The van der Waals surface area contributed by atoms with Crippen molar-refractivity contribution in [1.82, 2.24) is 4.90 Å². The summed E-state index contributed by atoms with van der Waals surface area (Å²) in [6, 6.07) is 12.6. The molecule has 1 radical (unpaired) electrons. The van der Waals surface area contributed by atoms with Crippen molar-refractivity contribution >= 4 is 46.8 Å². The average Bonchev–Trinajstić information content (AvgIpc) is 2.69. The molecule has 0 aliphatic rings. The van der Waals surface area contributed by atoms with Gasteiger partial charge in [-0.25, -0.2) is 4.79 Å². The van der Waals surface area contributed by atoms with E-state index in [4.69, 9.17) is 39.5 Å². The number of hydrogen-bond acceptors (Lipinski definition) is 3. The fourth-order valence-electron chi connectivity index (χ4n) is 2.69. The van der Waals surface area contributed by atoms with Crippen molar-refractivity contribution in [3.05, 3.63) is 94.0 Å². The molecular weight excluding hydrogens is 429 g/mol.